The van der Waals surface area contributed by atoms with Gasteiger partial charge in [0.25, 0.3) is 5.91 Å². The van der Waals surface area contributed by atoms with Crippen LogP contribution in [-0.4, -0.2) is 56.3 Å². The van der Waals surface area contributed by atoms with Gasteiger partial charge in [-0.2, -0.15) is 0 Å². The molecule has 1 aromatic carbocycles. The Morgan fingerprint density at radius 1 is 1.10 bits per heavy atom. The van der Waals surface area contributed by atoms with Crippen molar-refractivity contribution in [3.63, 3.8) is 0 Å². The Labute approximate surface area is 227 Å². The molecule has 0 aliphatic carbocycles. The van der Waals surface area contributed by atoms with Gasteiger partial charge in [0.1, 0.15) is 11.6 Å². The van der Waals surface area contributed by atoms with Crippen LogP contribution in [0.1, 0.15) is 52.7 Å². The molecule has 0 spiro atoms. The zero-order chi connectivity index (χ0) is 27.4. The second-order valence-electron chi connectivity index (χ2n) is 9.70. The van der Waals surface area contributed by atoms with Crippen LogP contribution in [0.15, 0.2) is 67.1 Å². The van der Waals surface area contributed by atoms with Crippen molar-refractivity contribution in [2.24, 2.45) is 0 Å². The van der Waals surface area contributed by atoms with Gasteiger partial charge < -0.3 is 15.0 Å². The minimum Gasteiger partial charge on any atom is -0.381 e. The van der Waals surface area contributed by atoms with Crippen LogP contribution < -0.4 is 5.32 Å². The van der Waals surface area contributed by atoms with Gasteiger partial charge in [0, 0.05) is 49.4 Å². The lowest BCUT2D eigenvalue weighted by Crippen LogP contribution is -2.38. The first-order valence-corrected chi connectivity index (χ1v) is 13.1. The molecule has 0 bridgehead atoms. The van der Waals surface area contributed by atoms with Crippen LogP contribution in [0.3, 0.4) is 0 Å². The molecule has 200 valence electrons. The quantitative estimate of drug-likeness (QED) is 0.345. The number of ether oxygens (including phenoxy) is 1. The van der Waals surface area contributed by atoms with E-state index in [0.717, 1.165) is 53.1 Å². The average Bonchev–Trinajstić information content (AvgIpc) is 3.34. The van der Waals surface area contributed by atoms with Crippen molar-refractivity contribution in [2.75, 3.05) is 25.6 Å². The van der Waals surface area contributed by atoms with Gasteiger partial charge in [0.2, 0.25) is 5.91 Å². The van der Waals surface area contributed by atoms with Crippen LogP contribution in [0.5, 0.6) is 0 Å². The standard InChI is InChI=1S/C30H32N6O3/c1-20-13-14-32-25(19-20)33-30(38)23-11-9-22(10-12-23)27-28-21(2)31-15-17-36(28)29(34-27)24-7-4-5-16-35(24)26(37)8-6-18-39-3/h6,8-15,17,19,24H,4-5,7,16,18H2,1-3H3,(H,32,33,38)/b8-6+/t24-/m0/s1. The van der Waals surface area contributed by atoms with E-state index in [1.54, 1.807) is 43.8 Å². The van der Waals surface area contributed by atoms with E-state index in [0.29, 0.717) is 24.5 Å². The first-order valence-electron chi connectivity index (χ1n) is 13.1. The van der Waals surface area contributed by atoms with Gasteiger partial charge in [0.15, 0.2) is 0 Å². The van der Waals surface area contributed by atoms with Crippen LogP contribution >= 0.6 is 0 Å². The molecular formula is C30H32N6O3. The summed E-state index contributed by atoms with van der Waals surface area (Å²) in [6.45, 7) is 4.97. The molecule has 1 aliphatic heterocycles. The van der Waals surface area contributed by atoms with E-state index in [1.807, 2.05) is 49.2 Å². The summed E-state index contributed by atoms with van der Waals surface area (Å²) < 4.78 is 7.11. The molecule has 0 saturated carbocycles. The number of nitrogens with one attached hydrogen (secondary N) is 1. The monoisotopic (exact) mass is 524 g/mol. The molecular weight excluding hydrogens is 492 g/mol. The number of imidazole rings is 1. The van der Waals surface area contributed by atoms with Crippen molar-refractivity contribution in [1.82, 2.24) is 24.3 Å². The van der Waals surface area contributed by atoms with E-state index in [-0.39, 0.29) is 17.9 Å². The lowest BCUT2D eigenvalue weighted by molar-refractivity contribution is -0.130. The van der Waals surface area contributed by atoms with Gasteiger partial charge >= 0.3 is 0 Å². The third-order valence-corrected chi connectivity index (χ3v) is 6.95. The van der Waals surface area contributed by atoms with Crippen molar-refractivity contribution < 1.29 is 14.3 Å². The number of piperidine rings is 1. The third-order valence-electron chi connectivity index (χ3n) is 6.95. The first-order chi connectivity index (χ1) is 19.0. The number of hydrogen-bond acceptors (Lipinski definition) is 6. The van der Waals surface area contributed by atoms with Crippen LogP contribution in [0, 0.1) is 13.8 Å². The minimum absolute atomic E-state index is 0.0423. The van der Waals surface area contributed by atoms with Crippen molar-refractivity contribution in [2.45, 2.75) is 39.2 Å². The van der Waals surface area contributed by atoms with Crippen LogP contribution in [0.2, 0.25) is 0 Å². The highest BCUT2D eigenvalue weighted by atomic mass is 16.5. The summed E-state index contributed by atoms with van der Waals surface area (Å²) in [6, 6.07) is 10.9. The molecule has 9 heteroatoms. The number of aryl methyl sites for hydroxylation is 2. The van der Waals surface area contributed by atoms with E-state index >= 15 is 0 Å². The van der Waals surface area contributed by atoms with Gasteiger partial charge in [-0.05, 0) is 62.9 Å². The number of rotatable bonds is 7. The maximum Gasteiger partial charge on any atom is 0.256 e. The van der Waals surface area contributed by atoms with Crippen LogP contribution in [-0.2, 0) is 9.53 Å². The Morgan fingerprint density at radius 2 is 1.92 bits per heavy atom. The number of carbonyl (C=O) groups is 2. The van der Waals surface area contributed by atoms with Gasteiger partial charge in [-0.25, -0.2) is 9.97 Å². The summed E-state index contributed by atoms with van der Waals surface area (Å²) in [5.41, 5.74) is 4.91. The summed E-state index contributed by atoms with van der Waals surface area (Å²) in [7, 11) is 1.60. The highest BCUT2D eigenvalue weighted by Gasteiger charge is 2.31. The molecule has 5 rings (SSSR count). The predicted octanol–water partition coefficient (Wildman–Crippen LogP) is 4.92. The van der Waals surface area contributed by atoms with Crippen LogP contribution in [0.25, 0.3) is 16.8 Å². The summed E-state index contributed by atoms with van der Waals surface area (Å²) >= 11 is 0. The second kappa shape index (κ2) is 11.6. The van der Waals surface area contributed by atoms with E-state index in [2.05, 4.69) is 19.7 Å². The number of benzene rings is 1. The fourth-order valence-electron chi connectivity index (χ4n) is 5.03. The number of fused-ring (bicyclic) bond motifs is 1. The molecule has 1 aliphatic rings. The normalized spacial score (nSPS) is 15.7. The number of aromatic nitrogens is 4. The Morgan fingerprint density at radius 3 is 2.69 bits per heavy atom. The summed E-state index contributed by atoms with van der Waals surface area (Å²) in [5.74, 6) is 1.05. The highest BCUT2D eigenvalue weighted by Crippen LogP contribution is 2.35. The lowest BCUT2D eigenvalue weighted by Gasteiger charge is -2.34. The van der Waals surface area contributed by atoms with E-state index < -0.39 is 0 Å². The number of carbonyl (C=O) groups excluding carboxylic acids is 2. The zero-order valence-corrected chi connectivity index (χ0v) is 22.4. The van der Waals surface area contributed by atoms with Gasteiger partial charge in [-0.15, -0.1) is 0 Å². The van der Waals surface area contributed by atoms with E-state index in [1.165, 1.54) is 0 Å². The average molecular weight is 525 g/mol. The summed E-state index contributed by atoms with van der Waals surface area (Å²) in [6.07, 6.45) is 11.5. The number of hydrogen-bond donors (Lipinski definition) is 1. The maximum absolute atomic E-state index is 13.1. The highest BCUT2D eigenvalue weighted by molar-refractivity contribution is 6.04. The third kappa shape index (κ3) is 5.58. The van der Waals surface area contributed by atoms with Crippen molar-refractivity contribution >= 4 is 23.1 Å². The molecule has 3 aromatic heterocycles. The summed E-state index contributed by atoms with van der Waals surface area (Å²) in [4.78, 5) is 41.6. The summed E-state index contributed by atoms with van der Waals surface area (Å²) in [5, 5.41) is 2.85. The molecule has 0 unspecified atom stereocenters. The minimum atomic E-state index is -0.231. The number of amides is 2. The molecule has 1 saturated heterocycles. The number of pyridine rings is 1. The lowest BCUT2D eigenvalue weighted by atomic mass is 10.0. The maximum atomic E-state index is 13.1. The molecule has 9 nitrogen and oxygen atoms in total. The molecule has 1 fully saturated rings. The molecule has 0 radical (unpaired) electrons. The Balaban J connectivity index is 1.47. The zero-order valence-electron chi connectivity index (χ0n) is 22.4. The largest absolute Gasteiger partial charge is 0.381 e. The van der Waals surface area contributed by atoms with E-state index in [4.69, 9.17) is 9.72 Å². The van der Waals surface area contributed by atoms with Crippen molar-refractivity contribution in [1.29, 1.82) is 0 Å². The second-order valence-corrected chi connectivity index (χ2v) is 9.70. The topological polar surface area (TPSA) is 102 Å². The predicted molar refractivity (Wildman–Crippen MR) is 149 cm³/mol. The Hall–Kier alpha value is -4.37. The number of likely N-dealkylation sites (tertiary alicyclic amines) is 1. The fourth-order valence-corrected chi connectivity index (χ4v) is 5.03. The molecule has 39 heavy (non-hydrogen) atoms. The number of nitrogens with zero attached hydrogens (tertiary/aromatic N) is 5. The van der Waals surface area contributed by atoms with Crippen molar-refractivity contribution in [3.8, 4) is 11.3 Å². The van der Waals surface area contributed by atoms with Crippen LogP contribution in [0.4, 0.5) is 5.82 Å². The smallest absolute Gasteiger partial charge is 0.256 e. The molecule has 1 N–H and O–H groups in total. The molecule has 4 aromatic rings. The SMILES string of the molecule is COC/C=C/C(=O)N1CCCC[C@H]1c1nc(-c2ccc(C(=O)Nc3cc(C)ccn3)cc2)c2c(C)nccn12. The fraction of sp³-hybridized carbons (Fsp3) is 0.300. The Bertz CT molecular complexity index is 1530. The Kier molecular flexibility index (Phi) is 7.79. The molecule has 1 atom stereocenters. The van der Waals surface area contributed by atoms with Gasteiger partial charge in [0.05, 0.1) is 29.6 Å². The number of methoxy groups -OCH3 is 1. The van der Waals surface area contributed by atoms with Gasteiger partial charge in [-0.1, -0.05) is 18.2 Å². The molecule has 4 heterocycles. The van der Waals surface area contributed by atoms with Crippen molar-refractivity contribution in [3.05, 3.63) is 89.8 Å². The molecule has 2 amide bonds. The van der Waals surface area contributed by atoms with Gasteiger partial charge in [-0.3, -0.25) is 19.0 Å². The first kappa shape index (κ1) is 26.2. The van der Waals surface area contributed by atoms with E-state index in [9.17, 15) is 9.59 Å². The number of anilines is 1.